The van der Waals surface area contributed by atoms with Gasteiger partial charge >= 0.3 is 0 Å². The number of nitrogens with zero attached hydrogens (tertiary/aromatic N) is 4. The zero-order chi connectivity index (χ0) is 23.7. The summed E-state index contributed by atoms with van der Waals surface area (Å²) in [7, 11) is 1.68. The number of rotatable bonds is 5. The fraction of sp³-hybridized carbons (Fsp3) is 0.136. The second-order valence-electron chi connectivity index (χ2n) is 7.24. The van der Waals surface area contributed by atoms with Crippen LogP contribution in [0.5, 0.6) is 11.5 Å². The lowest BCUT2D eigenvalue weighted by molar-refractivity contribution is 0.0887. The number of hydrogen-bond acceptors (Lipinski definition) is 8. The highest BCUT2D eigenvalue weighted by molar-refractivity contribution is 6.00. The molecular weight excluding hydrogens is 448 g/mol. The largest absolute Gasteiger partial charge is 0.486 e. The van der Waals surface area contributed by atoms with E-state index in [0.29, 0.717) is 36.3 Å². The third-order valence-electron chi connectivity index (χ3n) is 4.95. The maximum atomic E-state index is 14.1. The third-order valence-corrected chi connectivity index (χ3v) is 4.95. The SMILES string of the molecule is CNc1cc(Nc2cc(F)cc3c2OCCO3)nc2c(C(=O)NN3C=CC=CC(F)=C3)cnn12. The maximum Gasteiger partial charge on any atom is 0.275 e. The Bertz CT molecular complexity index is 1370. The van der Waals surface area contributed by atoms with Gasteiger partial charge in [-0.25, -0.2) is 13.8 Å². The monoisotopic (exact) mass is 467 g/mol. The second kappa shape index (κ2) is 8.73. The summed E-state index contributed by atoms with van der Waals surface area (Å²) >= 11 is 0. The van der Waals surface area contributed by atoms with Crippen LogP contribution in [0.2, 0.25) is 0 Å². The van der Waals surface area contributed by atoms with E-state index in [9.17, 15) is 13.6 Å². The Labute approximate surface area is 192 Å². The van der Waals surface area contributed by atoms with Crippen molar-refractivity contribution in [2.24, 2.45) is 0 Å². The molecule has 0 saturated carbocycles. The summed E-state index contributed by atoms with van der Waals surface area (Å²) in [6.45, 7) is 0.643. The molecule has 4 heterocycles. The van der Waals surface area contributed by atoms with Crippen LogP contribution < -0.4 is 25.5 Å². The Balaban J connectivity index is 1.49. The predicted molar refractivity (Wildman–Crippen MR) is 120 cm³/mol. The molecule has 0 aliphatic carbocycles. The molecule has 1 amide bonds. The van der Waals surface area contributed by atoms with Gasteiger partial charge in [0.15, 0.2) is 17.1 Å². The molecule has 34 heavy (non-hydrogen) atoms. The van der Waals surface area contributed by atoms with Crippen LogP contribution in [0.1, 0.15) is 10.4 Å². The molecule has 0 bridgehead atoms. The second-order valence-corrected chi connectivity index (χ2v) is 7.24. The highest BCUT2D eigenvalue weighted by Gasteiger charge is 2.21. The standard InChI is InChI=1S/C22H19F2N7O3/c1-25-19-10-18(27-16-8-14(24)9-17-20(16)34-7-6-33-17)28-21-15(11-26-31(19)21)22(32)29-30-5-3-2-4-13(23)12-30/h2-5,8-12,25H,6-7H2,1H3,(H,27,28)(H,29,32). The van der Waals surface area contributed by atoms with Crippen LogP contribution in [0.3, 0.4) is 0 Å². The highest BCUT2D eigenvalue weighted by atomic mass is 19.1. The van der Waals surface area contributed by atoms with Crippen LogP contribution in [-0.4, -0.2) is 45.8 Å². The van der Waals surface area contributed by atoms with Crippen molar-refractivity contribution < 1.29 is 23.0 Å². The van der Waals surface area contributed by atoms with Crippen LogP contribution in [0.25, 0.3) is 5.65 Å². The number of nitrogens with one attached hydrogen (secondary N) is 3. The Morgan fingerprint density at radius 2 is 2.00 bits per heavy atom. The summed E-state index contributed by atoms with van der Waals surface area (Å²) in [6.07, 6.45) is 8.30. The lowest BCUT2D eigenvalue weighted by atomic mass is 10.2. The molecule has 1 aromatic carbocycles. The summed E-state index contributed by atoms with van der Waals surface area (Å²) in [6, 6.07) is 4.16. The van der Waals surface area contributed by atoms with E-state index in [1.165, 1.54) is 46.2 Å². The number of halogens is 2. The summed E-state index contributed by atoms with van der Waals surface area (Å²) in [4.78, 5) is 17.4. The first-order chi connectivity index (χ1) is 16.5. The summed E-state index contributed by atoms with van der Waals surface area (Å²) in [5.41, 5.74) is 3.25. The van der Waals surface area contributed by atoms with Gasteiger partial charge < -0.3 is 20.1 Å². The normalized spacial score (nSPS) is 14.6. The van der Waals surface area contributed by atoms with Gasteiger partial charge in [0.1, 0.15) is 42.1 Å². The number of ether oxygens (including phenoxy) is 2. The zero-order valence-corrected chi connectivity index (χ0v) is 17.9. The van der Waals surface area contributed by atoms with Gasteiger partial charge in [-0.15, -0.1) is 0 Å². The van der Waals surface area contributed by atoms with Gasteiger partial charge in [0, 0.05) is 31.4 Å². The van der Waals surface area contributed by atoms with E-state index in [0.717, 1.165) is 6.20 Å². The molecule has 2 aromatic heterocycles. The summed E-state index contributed by atoms with van der Waals surface area (Å²) in [5, 5.41) is 11.4. The Morgan fingerprint density at radius 3 is 2.85 bits per heavy atom. The van der Waals surface area contributed by atoms with E-state index in [4.69, 9.17) is 9.47 Å². The van der Waals surface area contributed by atoms with Gasteiger partial charge in [-0.3, -0.25) is 15.2 Å². The Kier molecular flexibility index (Phi) is 5.46. The van der Waals surface area contributed by atoms with Crippen LogP contribution >= 0.6 is 0 Å². The molecule has 0 unspecified atom stereocenters. The van der Waals surface area contributed by atoms with Crippen LogP contribution in [-0.2, 0) is 0 Å². The molecule has 5 rings (SSSR count). The van der Waals surface area contributed by atoms with E-state index < -0.39 is 17.6 Å². The van der Waals surface area contributed by atoms with Gasteiger partial charge in [0.25, 0.3) is 5.91 Å². The number of benzene rings is 1. The van der Waals surface area contributed by atoms with Crippen LogP contribution in [0.4, 0.5) is 26.1 Å². The van der Waals surface area contributed by atoms with E-state index in [1.54, 1.807) is 19.2 Å². The zero-order valence-electron chi connectivity index (χ0n) is 17.9. The molecule has 0 fully saturated rings. The number of allylic oxidation sites excluding steroid dienone is 4. The fourth-order valence-electron chi connectivity index (χ4n) is 3.47. The molecule has 0 saturated heterocycles. The quantitative estimate of drug-likeness (QED) is 0.525. The molecule has 2 aliphatic heterocycles. The predicted octanol–water partition coefficient (Wildman–Crippen LogP) is 3.27. The number of anilines is 3. The van der Waals surface area contributed by atoms with E-state index in [2.05, 4.69) is 26.1 Å². The minimum Gasteiger partial charge on any atom is -0.486 e. The Hall–Kier alpha value is -4.61. The van der Waals surface area contributed by atoms with Crippen LogP contribution in [0, 0.1) is 5.82 Å². The van der Waals surface area contributed by atoms with Crippen LogP contribution in [0.15, 0.2) is 60.9 Å². The van der Waals surface area contributed by atoms with Gasteiger partial charge in [0.2, 0.25) is 0 Å². The number of carbonyl (C=O) groups is 1. The molecular formula is C22H19F2N7O3. The van der Waals surface area contributed by atoms with Gasteiger partial charge in [-0.1, -0.05) is 6.08 Å². The number of aromatic nitrogens is 3. The average molecular weight is 467 g/mol. The number of fused-ring (bicyclic) bond motifs is 2. The van der Waals surface area contributed by atoms with Crippen molar-refractivity contribution in [3.8, 4) is 11.5 Å². The smallest absolute Gasteiger partial charge is 0.275 e. The number of amides is 1. The highest BCUT2D eigenvalue weighted by Crippen LogP contribution is 2.40. The lowest BCUT2D eigenvalue weighted by Crippen LogP contribution is -2.34. The van der Waals surface area contributed by atoms with Gasteiger partial charge in [-0.05, 0) is 12.2 Å². The van der Waals surface area contributed by atoms with Gasteiger partial charge in [0.05, 0.1) is 18.1 Å². The van der Waals surface area contributed by atoms with Crippen molar-refractivity contribution in [2.75, 3.05) is 30.9 Å². The first-order valence-corrected chi connectivity index (χ1v) is 10.3. The molecule has 0 radical (unpaired) electrons. The maximum absolute atomic E-state index is 14.1. The topological polar surface area (TPSA) is 105 Å². The summed E-state index contributed by atoms with van der Waals surface area (Å²) < 4.78 is 40.4. The van der Waals surface area contributed by atoms with Crippen molar-refractivity contribution in [3.63, 3.8) is 0 Å². The van der Waals surface area contributed by atoms with Gasteiger partial charge in [-0.2, -0.15) is 9.61 Å². The lowest BCUT2D eigenvalue weighted by Gasteiger charge is -2.21. The Morgan fingerprint density at radius 1 is 1.15 bits per heavy atom. The van der Waals surface area contributed by atoms with E-state index in [1.807, 2.05) is 0 Å². The average Bonchev–Trinajstić information content (AvgIpc) is 3.14. The third kappa shape index (κ3) is 4.08. The molecule has 12 heteroatoms. The molecule has 3 N–H and O–H groups in total. The minimum atomic E-state index is -0.558. The number of hydrazine groups is 1. The molecule has 10 nitrogen and oxygen atoms in total. The van der Waals surface area contributed by atoms with E-state index >= 15 is 0 Å². The first kappa shape index (κ1) is 21.2. The molecule has 0 spiro atoms. The first-order valence-electron chi connectivity index (χ1n) is 10.3. The number of hydrogen-bond donors (Lipinski definition) is 3. The van der Waals surface area contributed by atoms with Crippen molar-refractivity contribution >= 4 is 28.9 Å². The fourth-order valence-corrected chi connectivity index (χ4v) is 3.47. The molecule has 3 aromatic rings. The number of carbonyl (C=O) groups excluding carboxylic acids is 1. The van der Waals surface area contributed by atoms with E-state index in [-0.39, 0.29) is 17.0 Å². The molecule has 174 valence electrons. The minimum absolute atomic E-state index is 0.139. The molecule has 0 atom stereocenters. The molecule has 2 aliphatic rings. The van der Waals surface area contributed by atoms with Crippen molar-refractivity contribution in [1.82, 2.24) is 25.0 Å². The van der Waals surface area contributed by atoms with Crippen molar-refractivity contribution in [2.45, 2.75) is 0 Å². The van der Waals surface area contributed by atoms with Crippen molar-refractivity contribution in [3.05, 3.63) is 72.2 Å². The van der Waals surface area contributed by atoms with Crippen molar-refractivity contribution in [1.29, 1.82) is 0 Å². The summed E-state index contributed by atoms with van der Waals surface area (Å²) in [5.74, 6) is -0.132.